The van der Waals surface area contributed by atoms with Crippen molar-refractivity contribution in [1.29, 1.82) is 0 Å². The summed E-state index contributed by atoms with van der Waals surface area (Å²) in [7, 11) is 3.10. The molecule has 9 nitrogen and oxygen atoms in total. The Kier molecular flexibility index (Phi) is 6.77. The number of rotatable bonds is 8. The molecule has 2 aromatic carbocycles. The predicted octanol–water partition coefficient (Wildman–Crippen LogP) is 1.94. The normalized spacial score (nSPS) is 17.7. The van der Waals surface area contributed by atoms with Crippen LogP contribution in [-0.4, -0.2) is 54.9 Å². The Hall–Kier alpha value is -3.88. The molecular weight excluding hydrogens is 412 g/mol. The van der Waals surface area contributed by atoms with Crippen LogP contribution in [-0.2, 0) is 16.0 Å². The Bertz CT molecular complexity index is 1040. The molecule has 0 unspecified atom stereocenters. The van der Waals surface area contributed by atoms with E-state index in [0.29, 0.717) is 24.1 Å². The second-order valence-electron chi connectivity index (χ2n) is 7.71. The van der Waals surface area contributed by atoms with Gasteiger partial charge >= 0.3 is 6.03 Å². The van der Waals surface area contributed by atoms with E-state index in [2.05, 4.69) is 16.0 Å². The lowest BCUT2D eigenvalue weighted by molar-refractivity contribution is -0.133. The second-order valence-corrected chi connectivity index (χ2v) is 7.71. The molecule has 32 heavy (non-hydrogen) atoms. The Balaban J connectivity index is 1.61. The van der Waals surface area contributed by atoms with E-state index in [-0.39, 0.29) is 5.91 Å². The number of carbonyl (C=O) groups is 4. The van der Waals surface area contributed by atoms with Gasteiger partial charge in [0.25, 0.3) is 11.8 Å². The Morgan fingerprint density at radius 1 is 1.12 bits per heavy atom. The molecule has 1 fully saturated rings. The summed E-state index contributed by atoms with van der Waals surface area (Å²) in [5.74, 6) is -0.543. The average Bonchev–Trinajstić information content (AvgIpc) is 3.00. The van der Waals surface area contributed by atoms with Gasteiger partial charge in [0.05, 0.1) is 7.11 Å². The number of ether oxygens (including phenoxy) is 1. The van der Waals surface area contributed by atoms with Gasteiger partial charge in [0.15, 0.2) is 0 Å². The van der Waals surface area contributed by atoms with Gasteiger partial charge in [-0.1, -0.05) is 18.2 Å². The van der Waals surface area contributed by atoms with Crippen molar-refractivity contribution in [3.63, 3.8) is 0 Å². The maximum absolute atomic E-state index is 12.9. The van der Waals surface area contributed by atoms with Gasteiger partial charge in [-0.05, 0) is 55.7 Å². The van der Waals surface area contributed by atoms with Crippen molar-refractivity contribution >= 4 is 29.4 Å². The highest BCUT2D eigenvalue weighted by molar-refractivity contribution is 6.10. The molecule has 1 aliphatic heterocycles. The van der Waals surface area contributed by atoms with Crippen molar-refractivity contribution in [3.05, 3.63) is 59.7 Å². The molecule has 0 radical (unpaired) electrons. The van der Waals surface area contributed by atoms with Crippen molar-refractivity contribution in [2.45, 2.75) is 25.3 Å². The number of methoxy groups -OCH3 is 1. The molecule has 2 aromatic rings. The molecule has 0 aromatic heterocycles. The summed E-state index contributed by atoms with van der Waals surface area (Å²) in [5, 5.41) is 7.83. The van der Waals surface area contributed by atoms with Gasteiger partial charge in [-0.2, -0.15) is 0 Å². The van der Waals surface area contributed by atoms with E-state index in [0.717, 1.165) is 16.2 Å². The van der Waals surface area contributed by atoms with E-state index in [4.69, 9.17) is 4.74 Å². The quantitative estimate of drug-likeness (QED) is 0.545. The first-order valence-electron chi connectivity index (χ1n) is 10.1. The van der Waals surface area contributed by atoms with Crippen LogP contribution >= 0.6 is 0 Å². The lowest BCUT2D eigenvalue weighted by Gasteiger charge is -2.21. The van der Waals surface area contributed by atoms with Crippen molar-refractivity contribution in [1.82, 2.24) is 15.5 Å². The molecule has 1 aliphatic rings. The lowest BCUT2D eigenvalue weighted by Crippen LogP contribution is -2.45. The fourth-order valence-corrected chi connectivity index (χ4v) is 3.47. The van der Waals surface area contributed by atoms with Gasteiger partial charge in [-0.15, -0.1) is 0 Å². The molecular formula is C23H26N4O5. The van der Waals surface area contributed by atoms with E-state index in [1.165, 1.54) is 13.1 Å². The van der Waals surface area contributed by atoms with Crippen LogP contribution in [0.15, 0.2) is 48.5 Å². The van der Waals surface area contributed by atoms with Crippen LogP contribution in [0.5, 0.6) is 5.75 Å². The zero-order valence-corrected chi connectivity index (χ0v) is 18.2. The molecule has 5 amide bonds. The van der Waals surface area contributed by atoms with E-state index in [1.54, 1.807) is 32.2 Å². The van der Waals surface area contributed by atoms with E-state index in [1.807, 2.05) is 24.3 Å². The fraction of sp³-hybridized carbons (Fsp3) is 0.304. The maximum Gasteiger partial charge on any atom is 0.325 e. The largest absolute Gasteiger partial charge is 0.497 e. The molecule has 0 aliphatic carbocycles. The summed E-state index contributed by atoms with van der Waals surface area (Å²) in [6, 6.07) is 13.2. The molecule has 1 heterocycles. The number of urea groups is 1. The Labute approximate surface area is 186 Å². The number of amides is 5. The fourth-order valence-electron chi connectivity index (χ4n) is 3.47. The standard InChI is InChI=1S/C23H26N4O5/c1-23(12-11-15-7-9-18(32-3)10-8-15)21(30)27(22(31)26-23)14-19(28)25-17-6-4-5-16(13-17)20(29)24-2/h4-10,13H,11-12,14H2,1-3H3,(H,24,29)(H,25,28)(H,26,31)/t23-/m0/s1. The minimum atomic E-state index is -1.10. The minimum Gasteiger partial charge on any atom is -0.497 e. The molecule has 9 heteroatoms. The first-order chi connectivity index (χ1) is 15.3. The molecule has 1 atom stereocenters. The lowest BCUT2D eigenvalue weighted by atomic mass is 9.93. The second kappa shape index (κ2) is 9.51. The third-order valence-corrected chi connectivity index (χ3v) is 5.36. The Morgan fingerprint density at radius 3 is 2.50 bits per heavy atom. The van der Waals surface area contributed by atoms with Crippen molar-refractivity contribution in [2.75, 3.05) is 26.0 Å². The first kappa shape index (κ1) is 22.8. The van der Waals surface area contributed by atoms with Gasteiger partial charge in [0.2, 0.25) is 5.91 Å². The van der Waals surface area contributed by atoms with Crippen LogP contribution in [0.2, 0.25) is 0 Å². The predicted molar refractivity (Wildman–Crippen MR) is 118 cm³/mol. The van der Waals surface area contributed by atoms with E-state index in [9.17, 15) is 19.2 Å². The number of hydrogen-bond acceptors (Lipinski definition) is 5. The van der Waals surface area contributed by atoms with Crippen molar-refractivity contribution in [3.8, 4) is 5.75 Å². The van der Waals surface area contributed by atoms with Crippen LogP contribution < -0.4 is 20.7 Å². The van der Waals surface area contributed by atoms with E-state index < -0.39 is 29.9 Å². The highest BCUT2D eigenvalue weighted by atomic mass is 16.5. The van der Waals surface area contributed by atoms with Gasteiger partial charge in [0.1, 0.15) is 17.8 Å². The number of nitrogens with one attached hydrogen (secondary N) is 3. The number of nitrogens with zero attached hydrogens (tertiary/aromatic N) is 1. The molecule has 0 saturated carbocycles. The number of imide groups is 1. The zero-order chi connectivity index (χ0) is 23.3. The minimum absolute atomic E-state index is 0.289. The molecule has 3 rings (SSSR count). The number of carbonyl (C=O) groups excluding carboxylic acids is 4. The molecule has 3 N–H and O–H groups in total. The topological polar surface area (TPSA) is 117 Å². The zero-order valence-electron chi connectivity index (χ0n) is 18.2. The van der Waals surface area contributed by atoms with Gasteiger partial charge < -0.3 is 20.7 Å². The summed E-state index contributed by atoms with van der Waals surface area (Å²) < 4.78 is 5.14. The SMILES string of the molecule is CNC(=O)c1cccc(NC(=O)CN2C(=O)N[C@@](C)(CCc3ccc(OC)cc3)C2=O)c1. The molecule has 0 bridgehead atoms. The van der Waals surface area contributed by atoms with Crippen LogP contribution in [0.4, 0.5) is 10.5 Å². The number of aryl methyl sites for hydroxylation is 1. The summed E-state index contributed by atoms with van der Waals surface area (Å²) in [4.78, 5) is 50.4. The van der Waals surface area contributed by atoms with Gasteiger partial charge in [-0.3, -0.25) is 19.3 Å². The van der Waals surface area contributed by atoms with Crippen LogP contribution in [0.25, 0.3) is 0 Å². The highest BCUT2D eigenvalue weighted by Gasteiger charge is 2.47. The first-order valence-corrected chi connectivity index (χ1v) is 10.1. The molecule has 168 valence electrons. The number of anilines is 1. The van der Waals surface area contributed by atoms with Crippen molar-refractivity contribution in [2.24, 2.45) is 0 Å². The average molecular weight is 438 g/mol. The third kappa shape index (κ3) is 5.05. The van der Waals surface area contributed by atoms with Crippen LogP contribution in [0.3, 0.4) is 0 Å². The van der Waals surface area contributed by atoms with E-state index >= 15 is 0 Å². The maximum atomic E-state index is 12.9. The third-order valence-electron chi connectivity index (χ3n) is 5.36. The van der Waals surface area contributed by atoms with Crippen LogP contribution in [0.1, 0.15) is 29.3 Å². The summed E-state index contributed by atoms with van der Waals surface area (Å²) >= 11 is 0. The molecule has 1 saturated heterocycles. The van der Waals surface area contributed by atoms with Crippen LogP contribution in [0, 0.1) is 0 Å². The summed E-state index contributed by atoms with van der Waals surface area (Å²) in [6.07, 6.45) is 0.953. The number of hydrogen-bond donors (Lipinski definition) is 3. The summed E-state index contributed by atoms with van der Waals surface area (Å²) in [6.45, 7) is 1.23. The monoisotopic (exact) mass is 438 g/mol. The number of benzene rings is 2. The van der Waals surface area contributed by atoms with Gasteiger partial charge in [0, 0.05) is 18.3 Å². The van der Waals surface area contributed by atoms with Crippen molar-refractivity contribution < 1.29 is 23.9 Å². The summed E-state index contributed by atoms with van der Waals surface area (Å²) in [5.41, 5.74) is 0.675. The molecule has 0 spiro atoms. The smallest absolute Gasteiger partial charge is 0.325 e. The van der Waals surface area contributed by atoms with Gasteiger partial charge in [-0.25, -0.2) is 4.79 Å². The highest BCUT2D eigenvalue weighted by Crippen LogP contribution is 2.24. The Morgan fingerprint density at radius 2 is 1.84 bits per heavy atom.